The SMILES string of the molecule is N#Cc1ccccc1OCC(O)CNCCNC(=O)NCCNC(=O)Nc1ccccc1. The molecule has 0 fully saturated rings. The summed E-state index contributed by atoms with van der Waals surface area (Å²) >= 11 is 0. The molecule has 1 unspecified atom stereocenters. The maximum absolute atomic E-state index is 11.7. The first kappa shape index (κ1) is 24.5. The molecule has 0 spiro atoms. The summed E-state index contributed by atoms with van der Waals surface area (Å²) in [5.74, 6) is 0.430. The van der Waals surface area contributed by atoms with Gasteiger partial charge in [-0.25, -0.2) is 9.59 Å². The molecule has 0 saturated heterocycles. The Morgan fingerprint density at radius 2 is 1.53 bits per heavy atom. The quantitative estimate of drug-likeness (QED) is 0.272. The first-order valence-electron chi connectivity index (χ1n) is 10.2. The number of nitrogens with zero attached hydrogens (tertiary/aromatic N) is 1. The van der Waals surface area contributed by atoms with E-state index in [0.29, 0.717) is 30.1 Å². The van der Waals surface area contributed by atoms with Gasteiger partial charge in [-0.05, 0) is 24.3 Å². The predicted molar refractivity (Wildman–Crippen MR) is 120 cm³/mol. The van der Waals surface area contributed by atoms with Crippen LogP contribution in [0.25, 0.3) is 0 Å². The van der Waals surface area contributed by atoms with Crippen LogP contribution in [0.1, 0.15) is 5.56 Å². The number of amides is 4. The van der Waals surface area contributed by atoms with Gasteiger partial charge in [0.25, 0.3) is 0 Å². The molecular formula is C22H28N6O4. The predicted octanol–water partition coefficient (Wildman–Crippen LogP) is 1.01. The van der Waals surface area contributed by atoms with E-state index in [-0.39, 0.29) is 38.3 Å². The van der Waals surface area contributed by atoms with E-state index in [2.05, 4.69) is 26.6 Å². The van der Waals surface area contributed by atoms with Crippen LogP contribution in [-0.2, 0) is 0 Å². The van der Waals surface area contributed by atoms with Crippen LogP contribution < -0.4 is 31.3 Å². The Bertz CT molecular complexity index is 887. The highest BCUT2D eigenvalue weighted by Crippen LogP contribution is 2.16. The second-order valence-corrected chi connectivity index (χ2v) is 6.71. The summed E-state index contributed by atoms with van der Waals surface area (Å²) in [6.45, 7) is 1.70. The fraction of sp³-hybridized carbons (Fsp3) is 0.318. The fourth-order valence-corrected chi connectivity index (χ4v) is 2.57. The molecule has 0 aliphatic carbocycles. The summed E-state index contributed by atoms with van der Waals surface area (Å²) < 4.78 is 5.46. The third-order valence-corrected chi connectivity index (χ3v) is 4.13. The molecule has 0 aliphatic heterocycles. The first-order valence-corrected chi connectivity index (χ1v) is 10.2. The zero-order valence-electron chi connectivity index (χ0n) is 17.6. The fourth-order valence-electron chi connectivity index (χ4n) is 2.57. The van der Waals surface area contributed by atoms with Gasteiger partial charge in [0.1, 0.15) is 24.5 Å². The van der Waals surface area contributed by atoms with E-state index in [9.17, 15) is 14.7 Å². The number of aliphatic hydroxyl groups is 1. The van der Waals surface area contributed by atoms with Crippen LogP contribution in [0, 0.1) is 11.3 Å². The zero-order valence-corrected chi connectivity index (χ0v) is 17.6. The van der Waals surface area contributed by atoms with E-state index in [1.165, 1.54) is 0 Å². The van der Waals surface area contributed by atoms with Gasteiger partial charge in [-0.3, -0.25) is 0 Å². The van der Waals surface area contributed by atoms with E-state index in [1.807, 2.05) is 24.3 Å². The highest BCUT2D eigenvalue weighted by molar-refractivity contribution is 5.89. The van der Waals surface area contributed by atoms with Crippen LogP contribution in [0.3, 0.4) is 0 Å². The normalized spacial score (nSPS) is 11.0. The lowest BCUT2D eigenvalue weighted by atomic mass is 10.2. The number of aliphatic hydroxyl groups excluding tert-OH is 1. The molecule has 170 valence electrons. The molecule has 10 nitrogen and oxygen atoms in total. The second kappa shape index (κ2) is 14.2. The number of hydrogen-bond acceptors (Lipinski definition) is 6. The van der Waals surface area contributed by atoms with Gasteiger partial charge < -0.3 is 36.4 Å². The average Bonchev–Trinajstić information content (AvgIpc) is 2.81. The van der Waals surface area contributed by atoms with E-state index >= 15 is 0 Å². The molecule has 1 atom stereocenters. The van der Waals surface area contributed by atoms with Crippen LogP contribution in [-0.4, -0.2) is 62.6 Å². The lowest BCUT2D eigenvalue weighted by Crippen LogP contribution is -2.43. The molecule has 2 aromatic carbocycles. The molecule has 10 heteroatoms. The third-order valence-electron chi connectivity index (χ3n) is 4.13. The number of carbonyl (C=O) groups excluding carboxylic acids is 2. The van der Waals surface area contributed by atoms with Crippen molar-refractivity contribution in [1.29, 1.82) is 5.26 Å². The van der Waals surface area contributed by atoms with E-state index in [0.717, 1.165) is 0 Å². The van der Waals surface area contributed by atoms with Crippen molar-refractivity contribution in [1.82, 2.24) is 21.3 Å². The lowest BCUT2D eigenvalue weighted by molar-refractivity contribution is 0.106. The molecule has 0 bridgehead atoms. The Kier molecular flexibility index (Phi) is 10.9. The summed E-state index contributed by atoms with van der Waals surface area (Å²) in [5.41, 5.74) is 1.10. The van der Waals surface area contributed by atoms with Gasteiger partial charge in [-0.1, -0.05) is 30.3 Å². The Morgan fingerprint density at radius 1 is 0.906 bits per heavy atom. The second-order valence-electron chi connectivity index (χ2n) is 6.71. The van der Waals surface area contributed by atoms with Crippen molar-refractivity contribution < 1.29 is 19.4 Å². The molecule has 0 radical (unpaired) electrons. The van der Waals surface area contributed by atoms with Crippen molar-refractivity contribution in [3.63, 3.8) is 0 Å². The van der Waals surface area contributed by atoms with Crippen LogP contribution in [0.2, 0.25) is 0 Å². The molecule has 2 aromatic rings. The zero-order chi connectivity index (χ0) is 23.0. The number of rotatable bonds is 12. The number of para-hydroxylation sites is 2. The van der Waals surface area contributed by atoms with Gasteiger partial charge >= 0.3 is 12.1 Å². The molecule has 32 heavy (non-hydrogen) atoms. The topological polar surface area (TPSA) is 148 Å². The Morgan fingerprint density at radius 3 is 2.25 bits per heavy atom. The minimum Gasteiger partial charge on any atom is -0.489 e. The van der Waals surface area contributed by atoms with Crippen LogP contribution in [0.4, 0.5) is 15.3 Å². The Balaban J connectivity index is 1.46. The van der Waals surface area contributed by atoms with E-state index < -0.39 is 6.10 Å². The van der Waals surface area contributed by atoms with Crippen LogP contribution in [0.15, 0.2) is 54.6 Å². The van der Waals surface area contributed by atoms with E-state index in [4.69, 9.17) is 10.00 Å². The smallest absolute Gasteiger partial charge is 0.319 e. The molecule has 6 N–H and O–H groups in total. The average molecular weight is 441 g/mol. The number of nitriles is 1. The summed E-state index contributed by atoms with van der Waals surface area (Å²) in [7, 11) is 0. The van der Waals surface area contributed by atoms with Gasteiger partial charge in [0.15, 0.2) is 0 Å². The number of urea groups is 2. The Labute approximate surface area is 187 Å². The van der Waals surface area contributed by atoms with Gasteiger partial charge in [-0.15, -0.1) is 0 Å². The number of hydrogen-bond donors (Lipinski definition) is 6. The maximum atomic E-state index is 11.7. The van der Waals surface area contributed by atoms with Gasteiger partial charge in [0, 0.05) is 38.4 Å². The molecule has 0 heterocycles. The van der Waals surface area contributed by atoms with Crippen molar-refractivity contribution >= 4 is 17.7 Å². The lowest BCUT2D eigenvalue weighted by Gasteiger charge is -2.14. The minimum atomic E-state index is -0.760. The molecule has 0 aliphatic rings. The molecule has 0 aromatic heterocycles. The van der Waals surface area contributed by atoms with Crippen molar-refractivity contribution in [3.8, 4) is 11.8 Å². The van der Waals surface area contributed by atoms with Crippen molar-refractivity contribution in [2.24, 2.45) is 0 Å². The van der Waals surface area contributed by atoms with Gasteiger partial charge in [0.2, 0.25) is 0 Å². The van der Waals surface area contributed by atoms with Gasteiger partial charge in [0.05, 0.1) is 5.56 Å². The van der Waals surface area contributed by atoms with Crippen LogP contribution in [0.5, 0.6) is 5.75 Å². The van der Waals surface area contributed by atoms with E-state index in [1.54, 1.807) is 36.4 Å². The summed E-state index contributed by atoms with van der Waals surface area (Å²) in [5, 5.41) is 32.6. The molecule has 0 saturated carbocycles. The number of nitrogens with one attached hydrogen (secondary N) is 5. The Hall–Kier alpha value is -3.81. The highest BCUT2D eigenvalue weighted by Gasteiger charge is 2.08. The van der Waals surface area contributed by atoms with Crippen molar-refractivity contribution in [2.75, 3.05) is 44.6 Å². The van der Waals surface area contributed by atoms with Crippen molar-refractivity contribution in [3.05, 3.63) is 60.2 Å². The number of benzene rings is 2. The maximum Gasteiger partial charge on any atom is 0.319 e. The monoisotopic (exact) mass is 440 g/mol. The summed E-state index contributed by atoms with van der Waals surface area (Å²) in [6, 6.07) is 17.2. The molecular weight excluding hydrogens is 412 g/mol. The molecule has 4 amide bonds. The minimum absolute atomic E-state index is 0.0461. The number of anilines is 1. The first-order chi connectivity index (χ1) is 15.6. The number of carbonyl (C=O) groups is 2. The highest BCUT2D eigenvalue weighted by atomic mass is 16.5. The van der Waals surface area contributed by atoms with Gasteiger partial charge in [-0.2, -0.15) is 5.26 Å². The number of ether oxygens (including phenoxy) is 1. The summed E-state index contributed by atoms with van der Waals surface area (Å²) in [4.78, 5) is 23.4. The van der Waals surface area contributed by atoms with Crippen LogP contribution >= 0.6 is 0 Å². The third kappa shape index (κ3) is 9.80. The molecule has 2 rings (SSSR count). The van der Waals surface area contributed by atoms with Crippen molar-refractivity contribution in [2.45, 2.75) is 6.10 Å². The standard InChI is InChI=1S/C22H28N6O4/c23-14-17-6-4-5-9-20(17)32-16-19(29)15-24-10-11-25-21(30)26-12-13-27-22(31)28-18-7-2-1-3-8-18/h1-9,19,24,29H,10-13,15-16H2,(H2,25,26,30)(H2,27,28,31). The largest absolute Gasteiger partial charge is 0.489 e. The summed E-state index contributed by atoms with van der Waals surface area (Å²) in [6.07, 6.45) is -0.760.